The maximum atomic E-state index is 13.3. The zero-order valence-corrected chi connectivity index (χ0v) is 20.1. The molecule has 1 aliphatic carbocycles. The van der Waals surface area contributed by atoms with Crippen LogP contribution in [0.2, 0.25) is 0 Å². The number of fused-ring (bicyclic) bond motifs is 1. The summed E-state index contributed by atoms with van der Waals surface area (Å²) < 4.78 is 1.03. The van der Waals surface area contributed by atoms with Crippen LogP contribution in [0.3, 0.4) is 0 Å². The van der Waals surface area contributed by atoms with Crippen LogP contribution in [-0.4, -0.2) is 34.1 Å². The van der Waals surface area contributed by atoms with Crippen molar-refractivity contribution in [1.82, 2.24) is 10.3 Å². The third kappa shape index (κ3) is 5.03. The molecule has 1 aliphatic rings. The first-order valence-electron chi connectivity index (χ1n) is 11.6. The molecule has 35 heavy (non-hydrogen) atoms. The van der Waals surface area contributed by atoms with E-state index in [-0.39, 0.29) is 24.0 Å². The number of thiophene rings is 1. The normalized spacial score (nSPS) is 17.3. The first-order valence-corrected chi connectivity index (χ1v) is 12.4. The van der Waals surface area contributed by atoms with Gasteiger partial charge in [0.15, 0.2) is 5.82 Å². The Morgan fingerprint density at radius 2 is 1.83 bits per heavy atom. The highest BCUT2D eigenvalue weighted by Crippen LogP contribution is 2.30. The largest absolute Gasteiger partial charge is 0.393 e. The number of aliphatic hydroxyl groups excluding tert-OH is 1. The number of hydrogen-bond donors (Lipinski definition) is 4. The molecule has 0 saturated heterocycles. The van der Waals surface area contributed by atoms with E-state index < -0.39 is 0 Å². The number of amides is 2. The van der Waals surface area contributed by atoms with Gasteiger partial charge in [0.05, 0.1) is 22.9 Å². The highest BCUT2D eigenvalue weighted by atomic mass is 32.1. The lowest BCUT2D eigenvalue weighted by atomic mass is 10.1. The van der Waals surface area contributed by atoms with Crippen LogP contribution in [0.15, 0.2) is 66.2 Å². The second kappa shape index (κ2) is 9.85. The van der Waals surface area contributed by atoms with E-state index in [1.54, 1.807) is 6.07 Å². The molecular weight excluding hydrogens is 460 g/mol. The number of pyridine rings is 1. The zero-order chi connectivity index (χ0) is 24.4. The Labute approximate surface area is 207 Å². The van der Waals surface area contributed by atoms with Gasteiger partial charge in [-0.2, -0.15) is 0 Å². The number of aliphatic hydroxyl groups is 1. The van der Waals surface area contributed by atoms with Crippen LogP contribution < -0.4 is 16.0 Å². The van der Waals surface area contributed by atoms with E-state index in [4.69, 9.17) is 0 Å². The number of nitrogens with zero attached hydrogens (tertiary/aromatic N) is 1. The summed E-state index contributed by atoms with van der Waals surface area (Å²) in [6.45, 7) is 1.98. The maximum Gasteiger partial charge on any atom is 0.257 e. The van der Waals surface area contributed by atoms with Gasteiger partial charge in [0.1, 0.15) is 0 Å². The van der Waals surface area contributed by atoms with E-state index in [1.807, 2.05) is 60.8 Å². The quantitative estimate of drug-likeness (QED) is 0.298. The third-order valence-electron chi connectivity index (χ3n) is 6.26. The molecule has 178 valence electrons. The number of aromatic nitrogens is 1. The molecular formula is C27H26N4O3S. The SMILES string of the molecule is Cc1ccccc1Nc1ncc(C(=O)NC2CCC(O)C2)cc1NC(=O)c1csc2ccccc12. The molecule has 1 fully saturated rings. The van der Waals surface area contributed by atoms with E-state index in [0.717, 1.165) is 27.8 Å². The molecule has 2 atom stereocenters. The molecule has 0 bridgehead atoms. The van der Waals surface area contributed by atoms with Gasteiger partial charge in [-0.1, -0.05) is 36.4 Å². The summed E-state index contributed by atoms with van der Waals surface area (Å²) in [4.78, 5) is 30.7. The second-order valence-corrected chi connectivity index (χ2v) is 9.71. The fourth-order valence-electron chi connectivity index (χ4n) is 4.33. The summed E-state index contributed by atoms with van der Waals surface area (Å²) in [5.41, 5.74) is 3.20. The lowest BCUT2D eigenvalue weighted by molar-refractivity contribution is 0.0932. The fraction of sp³-hybridized carbons (Fsp3) is 0.222. The molecule has 2 unspecified atom stereocenters. The number of rotatable bonds is 6. The third-order valence-corrected chi connectivity index (χ3v) is 7.23. The summed E-state index contributed by atoms with van der Waals surface area (Å²) in [5.74, 6) is -0.107. The van der Waals surface area contributed by atoms with Crippen LogP contribution in [0, 0.1) is 6.92 Å². The van der Waals surface area contributed by atoms with Gasteiger partial charge < -0.3 is 21.1 Å². The summed E-state index contributed by atoms with van der Waals surface area (Å²) in [7, 11) is 0. The molecule has 0 aliphatic heterocycles. The van der Waals surface area contributed by atoms with Crippen LogP contribution in [-0.2, 0) is 0 Å². The number of anilines is 3. The topological polar surface area (TPSA) is 103 Å². The average Bonchev–Trinajstić information content (AvgIpc) is 3.47. The number of para-hydroxylation sites is 1. The molecule has 4 N–H and O–H groups in total. The molecule has 8 heteroatoms. The van der Waals surface area contributed by atoms with Gasteiger partial charge in [-0.05, 0) is 49.9 Å². The van der Waals surface area contributed by atoms with Crippen molar-refractivity contribution in [3.8, 4) is 0 Å². The summed E-state index contributed by atoms with van der Waals surface area (Å²) in [6.07, 6.45) is 3.08. The summed E-state index contributed by atoms with van der Waals surface area (Å²) in [6, 6.07) is 17.1. The minimum atomic E-state index is -0.380. The van der Waals surface area contributed by atoms with Gasteiger partial charge >= 0.3 is 0 Å². The van der Waals surface area contributed by atoms with Crippen molar-refractivity contribution >= 4 is 50.4 Å². The molecule has 1 saturated carbocycles. The van der Waals surface area contributed by atoms with Gasteiger partial charge in [0, 0.05) is 33.4 Å². The Kier molecular flexibility index (Phi) is 6.48. The molecule has 0 radical (unpaired) electrons. The van der Waals surface area contributed by atoms with Crippen LogP contribution in [0.5, 0.6) is 0 Å². The second-order valence-electron chi connectivity index (χ2n) is 8.80. The Balaban J connectivity index is 1.45. The summed E-state index contributed by atoms with van der Waals surface area (Å²) >= 11 is 1.51. The molecule has 2 amide bonds. The van der Waals surface area contributed by atoms with Crippen LogP contribution >= 0.6 is 11.3 Å². The number of hydrogen-bond acceptors (Lipinski definition) is 6. The molecule has 5 rings (SSSR count). The molecule has 7 nitrogen and oxygen atoms in total. The average molecular weight is 487 g/mol. The van der Waals surface area contributed by atoms with E-state index in [9.17, 15) is 14.7 Å². The lowest BCUT2D eigenvalue weighted by Crippen LogP contribution is -2.33. The van der Waals surface area contributed by atoms with Crippen molar-refractivity contribution < 1.29 is 14.7 Å². The van der Waals surface area contributed by atoms with Gasteiger partial charge in [0.2, 0.25) is 0 Å². The predicted molar refractivity (Wildman–Crippen MR) is 140 cm³/mol. The molecule has 2 heterocycles. The predicted octanol–water partition coefficient (Wildman–Crippen LogP) is 5.24. The number of carbonyl (C=O) groups excluding carboxylic acids is 2. The van der Waals surface area contributed by atoms with Gasteiger partial charge in [-0.15, -0.1) is 11.3 Å². The minimum Gasteiger partial charge on any atom is -0.393 e. The van der Waals surface area contributed by atoms with Crippen molar-refractivity contribution in [2.45, 2.75) is 38.3 Å². The van der Waals surface area contributed by atoms with Crippen molar-refractivity contribution in [2.24, 2.45) is 0 Å². The lowest BCUT2D eigenvalue weighted by Gasteiger charge is -2.16. The van der Waals surface area contributed by atoms with E-state index in [0.29, 0.717) is 35.5 Å². The van der Waals surface area contributed by atoms with Crippen LogP contribution in [0.25, 0.3) is 10.1 Å². The molecule has 2 aromatic heterocycles. The first-order chi connectivity index (χ1) is 17.0. The smallest absolute Gasteiger partial charge is 0.257 e. The zero-order valence-electron chi connectivity index (χ0n) is 19.2. The molecule has 4 aromatic rings. The number of aryl methyl sites for hydroxylation is 1. The van der Waals surface area contributed by atoms with Crippen molar-refractivity contribution in [3.63, 3.8) is 0 Å². The first kappa shape index (κ1) is 23.0. The Morgan fingerprint density at radius 1 is 1.03 bits per heavy atom. The number of benzene rings is 2. The van der Waals surface area contributed by atoms with Gasteiger partial charge in [-0.3, -0.25) is 9.59 Å². The maximum absolute atomic E-state index is 13.3. The Morgan fingerprint density at radius 3 is 2.63 bits per heavy atom. The number of carbonyl (C=O) groups is 2. The number of nitrogens with one attached hydrogen (secondary N) is 3. The van der Waals surface area contributed by atoms with Crippen molar-refractivity contribution in [1.29, 1.82) is 0 Å². The van der Waals surface area contributed by atoms with Crippen LogP contribution in [0.4, 0.5) is 17.2 Å². The molecule has 0 spiro atoms. The standard InChI is InChI=1S/C27H26N4O3S/c1-16-6-2-4-8-22(16)30-25-23(31-27(34)21-15-35-24-9-5-3-7-20(21)24)12-17(14-28-25)26(33)29-18-10-11-19(32)13-18/h2-9,12,14-15,18-19,32H,10-11,13H2,1H3,(H,28,30)(H,29,33)(H,31,34). The molecule has 2 aromatic carbocycles. The van der Waals surface area contributed by atoms with Crippen molar-refractivity contribution in [2.75, 3.05) is 10.6 Å². The van der Waals surface area contributed by atoms with E-state index in [1.165, 1.54) is 17.5 Å². The van der Waals surface area contributed by atoms with E-state index >= 15 is 0 Å². The minimum absolute atomic E-state index is 0.0718. The Hall–Kier alpha value is -3.75. The summed E-state index contributed by atoms with van der Waals surface area (Å²) in [5, 5.41) is 21.7. The van der Waals surface area contributed by atoms with Gasteiger partial charge in [-0.25, -0.2) is 4.98 Å². The highest BCUT2D eigenvalue weighted by molar-refractivity contribution is 7.17. The van der Waals surface area contributed by atoms with Crippen molar-refractivity contribution in [3.05, 3.63) is 82.9 Å². The van der Waals surface area contributed by atoms with Gasteiger partial charge in [0.25, 0.3) is 11.8 Å². The van der Waals surface area contributed by atoms with E-state index in [2.05, 4.69) is 20.9 Å². The monoisotopic (exact) mass is 486 g/mol. The Bertz CT molecular complexity index is 1400. The fourth-order valence-corrected chi connectivity index (χ4v) is 5.27. The van der Waals surface area contributed by atoms with Crippen LogP contribution in [0.1, 0.15) is 45.5 Å². The highest BCUT2D eigenvalue weighted by Gasteiger charge is 2.25.